The number of ether oxygens (including phenoxy) is 4. The number of esters is 4. The number of hydrogen-bond donors (Lipinski definition) is 3. The first-order valence-corrected chi connectivity index (χ1v) is 41.3. The molecule has 93 heavy (non-hydrogen) atoms. The third-order valence-electron chi connectivity index (χ3n) is 17.1. The van der Waals surface area contributed by atoms with Crippen LogP contribution in [0.15, 0.2) is 0 Å². The second-order valence-electron chi connectivity index (χ2n) is 28.1. The van der Waals surface area contributed by atoms with E-state index >= 15 is 0 Å². The van der Waals surface area contributed by atoms with Crippen LogP contribution < -0.4 is 0 Å². The quantitative estimate of drug-likeness (QED) is 0.0222. The molecule has 552 valence electrons. The summed E-state index contributed by atoms with van der Waals surface area (Å²) in [5, 5.41) is 10.6. The van der Waals surface area contributed by atoms with Gasteiger partial charge in [0.1, 0.15) is 19.3 Å². The molecule has 0 bridgehead atoms. The van der Waals surface area contributed by atoms with E-state index in [0.717, 1.165) is 102 Å². The molecular weight excluding hydrogens is 1220 g/mol. The summed E-state index contributed by atoms with van der Waals surface area (Å²) in [4.78, 5) is 72.6. The van der Waals surface area contributed by atoms with E-state index in [9.17, 15) is 43.2 Å². The Balaban J connectivity index is 5.18. The van der Waals surface area contributed by atoms with Gasteiger partial charge in [-0.15, -0.1) is 0 Å². The Morgan fingerprint density at radius 3 is 0.731 bits per heavy atom. The molecular formula is C74H144O17P2. The van der Waals surface area contributed by atoms with Crippen molar-refractivity contribution in [3.63, 3.8) is 0 Å². The van der Waals surface area contributed by atoms with E-state index < -0.39 is 97.5 Å². The number of carbonyl (C=O) groups excluding carboxylic acids is 4. The van der Waals surface area contributed by atoms with Gasteiger partial charge in [-0.3, -0.25) is 37.3 Å². The molecule has 17 nitrogen and oxygen atoms in total. The molecule has 0 rings (SSSR count). The minimum absolute atomic E-state index is 0.103. The van der Waals surface area contributed by atoms with Crippen LogP contribution >= 0.6 is 15.6 Å². The highest BCUT2D eigenvalue weighted by Gasteiger charge is 2.30. The molecule has 2 unspecified atom stereocenters. The van der Waals surface area contributed by atoms with E-state index in [-0.39, 0.29) is 25.7 Å². The highest BCUT2D eigenvalue weighted by molar-refractivity contribution is 7.47. The topological polar surface area (TPSA) is 237 Å². The van der Waals surface area contributed by atoms with Crippen LogP contribution in [0.1, 0.15) is 376 Å². The minimum atomic E-state index is -4.96. The van der Waals surface area contributed by atoms with Crippen molar-refractivity contribution in [1.82, 2.24) is 0 Å². The average Bonchev–Trinajstić information content (AvgIpc) is 1.67. The van der Waals surface area contributed by atoms with Crippen molar-refractivity contribution in [2.45, 2.75) is 394 Å². The number of rotatable bonds is 72. The van der Waals surface area contributed by atoms with E-state index in [1.807, 2.05) is 0 Å². The summed E-state index contributed by atoms with van der Waals surface area (Å²) in [5.41, 5.74) is 0. The molecule has 0 aliphatic carbocycles. The lowest BCUT2D eigenvalue weighted by atomic mass is 10.0. The molecule has 0 amide bonds. The van der Waals surface area contributed by atoms with Crippen molar-refractivity contribution in [2.75, 3.05) is 39.6 Å². The second kappa shape index (κ2) is 64.7. The molecule has 0 saturated heterocycles. The fourth-order valence-electron chi connectivity index (χ4n) is 11.2. The van der Waals surface area contributed by atoms with Gasteiger partial charge in [0.2, 0.25) is 0 Å². The van der Waals surface area contributed by atoms with Gasteiger partial charge < -0.3 is 33.8 Å². The molecule has 0 aromatic rings. The van der Waals surface area contributed by atoms with Crippen LogP contribution in [-0.4, -0.2) is 96.7 Å². The molecule has 0 aliphatic rings. The number of phosphoric ester groups is 2. The smallest absolute Gasteiger partial charge is 0.462 e. The number of aliphatic hydroxyl groups is 1. The predicted molar refractivity (Wildman–Crippen MR) is 377 cm³/mol. The zero-order valence-corrected chi connectivity index (χ0v) is 62.5. The third-order valence-corrected chi connectivity index (χ3v) is 19.0. The first-order valence-electron chi connectivity index (χ1n) is 38.3. The number of hydrogen-bond acceptors (Lipinski definition) is 15. The van der Waals surface area contributed by atoms with Crippen LogP contribution in [0.4, 0.5) is 0 Å². The Labute approximate surface area is 568 Å². The van der Waals surface area contributed by atoms with Crippen LogP contribution in [0.2, 0.25) is 0 Å². The molecule has 0 fully saturated rings. The van der Waals surface area contributed by atoms with Gasteiger partial charge in [-0.25, -0.2) is 9.13 Å². The average molecular weight is 1370 g/mol. The van der Waals surface area contributed by atoms with Gasteiger partial charge in [0.25, 0.3) is 0 Å². The maximum absolute atomic E-state index is 13.1. The number of phosphoric acid groups is 2. The Morgan fingerprint density at radius 1 is 0.290 bits per heavy atom. The van der Waals surface area contributed by atoms with Crippen LogP contribution in [0.3, 0.4) is 0 Å². The van der Waals surface area contributed by atoms with Crippen molar-refractivity contribution in [2.24, 2.45) is 17.8 Å². The van der Waals surface area contributed by atoms with E-state index in [1.54, 1.807) is 0 Å². The fraction of sp³-hybridized carbons (Fsp3) is 0.946. The summed E-state index contributed by atoms with van der Waals surface area (Å²) in [6.07, 6.45) is 50.2. The highest BCUT2D eigenvalue weighted by Crippen LogP contribution is 2.45. The zero-order chi connectivity index (χ0) is 68.7. The Kier molecular flexibility index (Phi) is 63.4. The molecule has 0 saturated carbocycles. The van der Waals surface area contributed by atoms with Crippen LogP contribution in [-0.2, 0) is 65.4 Å². The van der Waals surface area contributed by atoms with Gasteiger partial charge in [-0.1, -0.05) is 325 Å². The Morgan fingerprint density at radius 2 is 0.495 bits per heavy atom. The van der Waals surface area contributed by atoms with Crippen molar-refractivity contribution >= 4 is 39.5 Å². The minimum Gasteiger partial charge on any atom is -0.462 e. The van der Waals surface area contributed by atoms with Crippen LogP contribution in [0.5, 0.6) is 0 Å². The molecule has 3 N–H and O–H groups in total. The number of unbranched alkanes of at least 4 members (excludes halogenated alkanes) is 40. The van der Waals surface area contributed by atoms with E-state index in [4.69, 9.17) is 37.0 Å². The Bertz CT molecular complexity index is 1820. The van der Waals surface area contributed by atoms with E-state index in [2.05, 4.69) is 48.5 Å². The summed E-state index contributed by atoms with van der Waals surface area (Å²) >= 11 is 0. The molecule has 19 heteroatoms. The van der Waals surface area contributed by atoms with Crippen molar-refractivity contribution in [3.8, 4) is 0 Å². The van der Waals surface area contributed by atoms with Crippen LogP contribution in [0, 0.1) is 17.8 Å². The SMILES string of the molecule is CCCCCCCCCCCCC(=O)OC[C@H](COP(=O)(O)OC[C@H](O)COP(=O)(O)OC[C@@H](COC(=O)CCCCCCCCCCCC(C)C)OC(=O)CCCCCCCCCCCCCCCCCCCCC(C)C)OC(=O)CCCCCCCCCC(C)C. The maximum Gasteiger partial charge on any atom is 0.472 e. The lowest BCUT2D eigenvalue weighted by molar-refractivity contribution is -0.161. The van der Waals surface area contributed by atoms with Crippen molar-refractivity contribution in [1.29, 1.82) is 0 Å². The van der Waals surface area contributed by atoms with E-state index in [1.165, 1.54) is 186 Å². The molecule has 5 atom stereocenters. The third kappa shape index (κ3) is 68.4. The maximum atomic E-state index is 13.1. The first-order chi connectivity index (χ1) is 44.7. The summed E-state index contributed by atoms with van der Waals surface area (Å²) < 4.78 is 68.4. The molecule has 0 aromatic heterocycles. The normalized spacial score (nSPS) is 14.1. The summed E-state index contributed by atoms with van der Waals surface area (Å²) in [6, 6.07) is 0. The summed E-state index contributed by atoms with van der Waals surface area (Å²) in [5.74, 6) is 0.136. The molecule has 0 aromatic carbocycles. The van der Waals surface area contributed by atoms with Crippen molar-refractivity contribution < 1.29 is 80.2 Å². The number of aliphatic hydroxyl groups excluding tert-OH is 1. The monoisotopic (exact) mass is 1370 g/mol. The summed E-state index contributed by atoms with van der Waals surface area (Å²) in [7, 11) is -9.90. The van der Waals surface area contributed by atoms with Gasteiger partial charge in [-0.05, 0) is 43.4 Å². The largest absolute Gasteiger partial charge is 0.472 e. The summed E-state index contributed by atoms with van der Waals surface area (Å²) in [6.45, 7) is 11.8. The predicted octanol–water partition coefficient (Wildman–Crippen LogP) is 21.4. The number of carbonyl (C=O) groups is 4. The first kappa shape index (κ1) is 91.1. The molecule has 0 radical (unpaired) electrons. The molecule has 0 aliphatic heterocycles. The Hall–Kier alpha value is -1.94. The second-order valence-corrected chi connectivity index (χ2v) is 31.0. The van der Waals surface area contributed by atoms with E-state index in [0.29, 0.717) is 31.6 Å². The molecule has 0 spiro atoms. The lowest BCUT2D eigenvalue weighted by Crippen LogP contribution is -2.30. The lowest BCUT2D eigenvalue weighted by Gasteiger charge is -2.21. The standard InChI is InChI=1S/C74H144O17P2/c1-8-9-10-11-12-13-27-34-41-48-55-71(76)84-62-70(91-74(79)58-51-44-37-30-33-40-47-54-67(6)7)64-89-93(82,83)87-60-68(75)59-86-92(80,81)88-63-69(61-85-72(77)56-49-42-35-29-24-26-32-39-46-53-66(4)5)90-73(78)57-50-43-36-28-23-21-19-17-15-14-16-18-20-22-25-31-38-45-52-65(2)3/h65-70,75H,8-64H2,1-7H3,(H,80,81)(H,82,83)/t68-,69-,70-/m1/s1. The van der Waals surface area contributed by atoms with Gasteiger partial charge in [0.05, 0.1) is 26.4 Å². The van der Waals surface area contributed by atoms with Gasteiger partial charge in [-0.2, -0.15) is 0 Å². The van der Waals surface area contributed by atoms with Gasteiger partial charge >= 0.3 is 39.5 Å². The highest BCUT2D eigenvalue weighted by atomic mass is 31.2. The molecule has 0 heterocycles. The van der Waals surface area contributed by atoms with Gasteiger partial charge in [0.15, 0.2) is 12.2 Å². The zero-order valence-electron chi connectivity index (χ0n) is 60.7. The fourth-order valence-corrected chi connectivity index (χ4v) is 12.8. The van der Waals surface area contributed by atoms with Crippen molar-refractivity contribution in [3.05, 3.63) is 0 Å². The van der Waals surface area contributed by atoms with Gasteiger partial charge in [0, 0.05) is 25.7 Å². The van der Waals surface area contributed by atoms with Crippen LogP contribution in [0.25, 0.3) is 0 Å².